The van der Waals surface area contributed by atoms with Gasteiger partial charge in [0, 0.05) is 53.8 Å². The molecule has 0 radical (unpaired) electrons. The van der Waals surface area contributed by atoms with Gasteiger partial charge in [0.2, 0.25) is 0 Å². The van der Waals surface area contributed by atoms with Crippen LogP contribution >= 0.6 is 11.3 Å². The Labute approximate surface area is 335 Å². The van der Waals surface area contributed by atoms with Gasteiger partial charge in [-0.2, -0.15) is 5.10 Å². The van der Waals surface area contributed by atoms with Crippen molar-refractivity contribution in [1.29, 1.82) is 0 Å². The van der Waals surface area contributed by atoms with Gasteiger partial charge in [0.25, 0.3) is 0 Å². The summed E-state index contributed by atoms with van der Waals surface area (Å²) in [5.74, 6) is 2.56. The van der Waals surface area contributed by atoms with Crippen LogP contribution in [-0.2, 0) is 17.7 Å². The molecule has 4 aliphatic carbocycles. The van der Waals surface area contributed by atoms with Crippen molar-refractivity contribution in [3.05, 3.63) is 65.6 Å². The number of pyridine rings is 1. The standard InChI is InChI=1S/C45H57N9OS/c1-31-34-12-11-19-53(40(34)51-50-39(31)49-41-48-36-13-7-8-14-37(36)56-41)38-16-15-33(22-46-38)35-23-47-54(32(35)2)30-44-25-42(3)24-43(4,26-44)28-45(27-42,29-44)55-21-20-52-17-9-5-6-10-18-52/h7-8,13-16,22-23H,5-6,9-12,17-21,24-30H2,1-4H3,(H,48,49,50). The minimum absolute atomic E-state index is 0.00177. The number of anilines is 4. The first kappa shape index (κ1) is 36.4. The van der Waals surface area contributed by atoms with Gasteiger partial charge in [-0.1, -0.05) is 50.2 Å². The molecule has 0 spiro atoms. The van der Waals surface area contributed by atoms with Crippen molar-refractivity contribution in [2.45, 2.75) is 117 Å². The lowest BCUT2D eigenvalue weighted by atomic mass is 9.39. The van der Waals surface area contributed by atoms with Gasteiger partial charge in [-0.05, 0) is 132 Å². The molecule has 56 heavy (non-hydrogen) atoms. The van der Waals surface area contributed by atoms with E-state index in [0.717, 1.165) is 95.0 Å². The fourth-order valence-electron chi connectivity index (χ4n) is 12.8. The topological polar surface area (TPSA) is 97.1 Å². The maximum Gasteiger partial charge on any atom is 0.189 e. The molecular weight excluding hydrogens is 715 g/mol. The average molecular weight is 772 g/mol. The molecule has 11 heteroatoms. The first-order valence-electron chi connectivity index (χ1n) is 21.2. The lowest BCUT2D eigenvalue weighted by Crippen LogP contribution is -2.64. The second-order valence-electron chi connectivity index (χ2n) is 19.0. The zero-order chi connectivity index (χ0) is 38.1. The summed E-state index contributed by atoms with van der Waals surface area (Å²) in [5, 5.41) is 18.8. The summed E-state index contributed by atoms with van der Waals surface area (Å²) < 4.78 is 10.6. The number of para-hydroxylation sites is 1. The predicted molar refractivity (Wildman–Crippen MR) is 225 cm³/mol. The highest BCUT2D eigenvalue weighted by Gasteiger charge is 2.66. The quantitative estimate of drug-likeness (QED) is 0.149. The molecule has 4 bridgehead atoms. The minimum atomic E-state index is -0.00177. The number of hydrogen-bond donors (Lipinski definition) is 1. The summed E-state index contributed by atoms with van der Waals surface area (Å²) in [6.45, 7) is 15.8. The third-order valence-electron chi connectivity index (χ3n) is 14.0. The molecule has 1 N–H and O–H groups in total. The molecule has 4 saturated carbocycles. The van der Waals surface area contributed by atoms with Gasteiger partial charge in [-0.3, -0.25) is 4.68 Å². The number of ether oxygens (including phenoxy) is 1. The largest absolute Gasteiger partial charge is 0.374 e. The highest BCUT2D eigenvalue weighted by atomic mass is 32.1. The molecule has 11 rings (SSSR count). The van der Waals surface area contributed by atoms with Crippen LogP contribution in [0.5, 0.6) is 0 Å². The number of hydrogen-bond acceptors (Lipinski definition) is 10. The summed E-state index contributed by atoms with van der Waals surface area (Å²) in [6.07, 6.45) is 19.0. The van der Waals surface area contributed by atoms with Gasteiger partial charge in [-0.25, -0.2) is 9.97 Å². The number of likely N-dealkylation sites (tertiary alicyclic amines) is 1. The number of thiazole rings is 1. The van der Waals surface area contributed by atoms with Crippen LogP contribution in [0.2, 0.25) is 0 Å². The summed E-state index contributed by atoms with van der Waals surface area (Å²) in [6, 6.07) is 12.5. The van der Waals surface area contributed by atoms with Crippen LogP contribution in [-0.4, -0.2) is 73.2 Å². The molecule has 6 heterocycles. The van der Waals surface area contributed by atoms with E-state index in [1.807, 2.05) is 24.4 Å². The van der Waals surface area contributed by atoms with E-state index >= 15 is 0 Å². The predicted octanol–water partition coefficient (Wildman–Crippen LogP) is 9.80. The third-order valence-corrected chi connectivity index (χ3v) is 14.9. The van der Waals surface area contributed by atoms with Crippen LogP contribution in [0.15, 0.2) is 48.8 Å². The fourth-order valence-corrected chi connectivity index (χ4v) is 13.6. The number of benzene rings is 1. The van der Waals surface area contributed by atoms with E-state index in [4.69, 9.17) is 24.9 Å². The van der Waals surface area contributed by atoms with E-state index in [1.165, 1.54) is 82.1 Å². The molecule has 5 fully saturated rings. The molecule has 10 nitrogen and oxygen atoms in total. The highest BCUT2D eigenvalue weighted by Crippen LogP contribution is 2.72. The van der Waals surface area contributed by atoms with Crippen molar-refractivity contribution < 1.29 is 4.74 Å². The van der Waals surface area contributed by atoms with E-state index in [-0.39, 0.29) is 11.0 Å². The Morgan fingerprint density at radius 1 is 0.839 bits per heavy atom. The van der Waals surface area contributed by atoms with E-state index in [2.05, 4.69) is 77.0 Å². The number of aromatic nitrogens is 6. The highest BCUT2D eigenvalue weighted by molar-refractivity contribution is 7.22. The summed E-state index contributed by atoms with van der Waals surface area (Å²) in [4.78, 5) is 14.7. The molecule has 2 unspecified atom stereocenters. The van der Waals surface area contributed by atoms with Crippen molar-refractivity contribution in [3.63, 3.8) is 0 Å². The van der Waals surface area contributed by atoms with Gasteiger partial charge in [0.05, 0.1) is 28.6 Å². The fraction of sp³-hybridized carbons (Fsp3) is 0.578. The Hall–Kier alpha value is -3.93. The van der Waals surface area contributed by atoms with Crippen LogP contribution in [0.1, 0.15) is 101 Å². The molecule has 5 aromatic rings. The number of nitrogens with one attached hydrogen (secondary N) is 1. The van der Waals surface area contributed by atoms with E-state index < -0.39 is 0 Å². The molecule has 0 amide bonds. The van der Waals surface area contributed by atoms with E-state index in [0.29, 0.717) is 10.8 Å². The molecule has 6 aliphatic rings. The lowest BCUT2D eigenvalue weighted by Gasteiger charge is -2.69. The van der Waals surface area contributed by atoms with Crippen molar-refractivity contribution >= 4 is 44.1 Å². The van der Waals surface area contributed by atoms with Crippen molar-refractivity contribution in [2.75, 3.05) is 43.0 Å². The Balaban J connectivity index is 0.847. The van der Waals surface area contributed by atoms with Crippen LogP contribution in [0, 0.1) is 30.1 Å². The second kappa shape index (κ2) is 13.9. The van der Waals surface area contributed by atoms with E-state index in [9.17, 15) is 0 Å². The summed E-state index contributed by atoms with van der Waals surface area (Å²) in [5.41, 5.74) is 7.69. The van der Waals surface area contributed by atoms with Crippen molar-refractivity contribution in [1.82, 2.24) is 34.8 Å². The Kier molecular flexibility index (Phi) is 9.02. The maximum absolute atomic E-state index is 7.12. The number of rotatable bonds is 10. The van der Waals surface area contributed by atoms with Crippen LogP contribution in [0.4, 0.5) is 22.6 Å². The molecule has 4 aromatic heterocycles. The maximum atomic E-state index is 7.12. The normalized spacial score (nSPS) is 28.8. The van der Waals surface area contributed by atoms with Crippen LogP contribution < -0.4 is 10.2 Å². The zero-order valence-corrected chi connectivity index (χ0v) is 34.6. The molecular formula is C45H57N9OS. The second-order valence-corrected chi connectivity index (χ2v) is 20.0. The van der Waals surface area contributed by atoms with Crippen molar-refractivity contribution in [3.8, 4) is 11.1 Å². The summed E-state index contributed by atoms with van der Waals surface area (Å²) in [7, 11) is 0. The molecule has 1 aromatic carbocycles. The van der Waals surface area contributed by atoms with Gasteiger partial charge < -0.3 is 19.9 Å². The first-order chi connectivity index (χ1) is 27.1. The summed E-state index contributed by atoms with van der Waals surface area (Å²) >= 11 is 1.63. The molecule has 2 atom stereocenters. The Bertz CT molecular complexity index is 2190. The molecule has 294 valence electrons. The van der Waals surface area contributed by atoms with E-state index in [1.54, 1.807) is 11.3 Å². The number of nitrogens with zero attached hydrogens (tertiary/aromatic N) is 8. The van der Waals surface area contributed by atoms with Gasteiger partial charge in [0.15, 0.2) is 16.8 Å². The van der Waals surface area contributed by atoms with Crippen LogP contribution in [0.3, 0.4) is 0 Å². The van der Waals surface area contributed by atoms with Crippen LogP contribution in [0.25, 0.3) is 21.3 Å². The Morgan fingerprint density at radius 2 is 1.64 bits per heavy atom. The zero-order valence-electron chi connectivity index (χ0n) is 33.7. The van der Waals surface area contributed by atoms with Gasteiger partial charge in [0.1, 0.15) is 5.82 Å². The van der Waals surface area contributed by atoms with Gasteiger partial charge in [-0.15, -0.1) is 10.2 Å². The SMILES string of the molecule is Cc1c(Nc2nc3ccccc3s2)nnc2c1CCCN2c1ccc(-c2cnn(CC34CC5(C)CC(C)(C3)CC(OCCN3CCCCCC3)(C5)C4)c2C)cn1. The third kappa shape index (κ3) is 6.71. The first-order valence-corrected chi connectivity index (χ1v) is 22.0. The van der Waals surface area contributed by atoms with Crippen molar-refractivity contribution in [2.24, 2.45) is 16.2 Å². The number of fused-ring (bicyclic) bond motifs is 2. The van der Waals surface area contributed by atoms with Gasteiger partial charge >= 0.3 is 0 Å². The average Bonchev–Trinajstić information content (AvgIpc) is 3.62. The monoisotopic (exact) mass is 771 g/mol. The Morgan fingerprint density at radius 3 is 2.41 bits per heavy atom. The lowest BCUT2D eigenvalue weighted by molar-refractivity contribution is -0.248. The smallest absolute Gasteiger partial charge is 0.189 e. The minimum Gasteiger partial charge on any atom is -0.374 e. The molecule has 2 aliphatic heterocycles. The molecule has 1 saturated heterocycles.